The first kappa shape index (κ1) is 14.1. The molecule has 3 rings (SSSR count). The Morgan fingerprint density at radius 2 is 1.90 bits per heavy atom. The third-order valence-corrected chi connectivity index (χ3v) is 4.54. The zero-order chi connectivity index (χ0) is 15.0. The van der Waals surface area contributed by atoms with Crippen molar-refractivity contribution in [2.75, 3.05) is 24.5 Å². The molecule has 112 valence electrons. The number of benzene rings is 1. The molecule has 0 aromatic heterocycles. The molecule has 0 bridgehead atoms. The fourth-order valence-electron chi connectivity index (χ4n) is 3.41. The summed E-state index contributed by atoms with van der Waals surface area (Å²) in [7, 11) is 0. The Kier molecular flexibility index (Phi) is 3.70. The van der Waals surface area contributed by atoms with E-state index in [4.69, 9.17) is 0 Å². The summed E-state index contributed by atoms with van der Waals surface area (Å²) in [5.41, 5.74) is 3.23. The van der Waals surface area contributed by atoms with E-state index in [9.17, 15) is 9.59 Å². The van der Waals surface area contributed by atoms with Crippen LogP contribution in [0.1, 0.15) is 30.4 Å². The van der Waals surface area contributed by atoms with Gasteiger partial charge in [0, 0.05) is 31.7 Å². The summed E-state index contributed by atoms with van der Waals surface area (Å²) in [6.45, 7) is 6.30. The SMILES string of the molecule is Cc1ccc(N2C[C@@H](C(=O)N3CCCC3)CC2=O)c(C)c1. The molecule has 0 N–H and O–H groups in total. The molecule has 0 unspecified atom stereocenters. The van der Waals surface area contributed by atoms with E-state index in [1.165, 1.54) is 5.56 Å². The summed E-state index contributed by atoms with van der Waals surface area (Å²) < 4.78 is 0. The molecular formula is C17H22N2O2. The molecule has 0 aliphatic carbocycles. The molecule has 1 atom stereocenters. The molecule has 0 saturated carbocycles. The monoisotopic (exact) mass is 286 g/mol. The average molecular weight is 286 g/mol. The van der Waals surface area contributed by atoms with Gasteiger partial charge in [-0.1, -0.05) is 17.7 Å². The standard InChI is InChI=1S/C17H22N2O2/c1-12-5-6-15(13(2)9-12)19-11-14(10-16(19)20)17(21)18-7-3-4-8-18/h5-6,9,14H,3-4,7-8,10-11H2,1-2H3/t14-/m0/s1. The minimum Gasteiger partial charge on any atom is -0.342 e. The second-order valence-electron chi connectivity index (χ2n) is 6.23. The third-order valence-electron chi connectivity index (χ3n) is 4.54. The van der Waals surface area contributed by atoms with Gasteiger partial charge in [-0.25, -0.2) is 0 Å². The second kappa shape index (κ2) is 5.51. The van der Waals surface area contributed by atoms with Crippen LogP contribution in [0.5, 0.6) is 0 Å². The van der Waals surface area contributed by atoms with E-state index in [1.807, 2.05) is 30.9 Å². The Hall–Kier alpha value is -1.84. The zero-order valence-corrected chi connectivity index (χ0v) is 12.8. The molecule has 1 aromatic rings. The molecular weight excluding hydrogens is 264 g/mol. The molecule has 21 heavy (non-hydrogen) atoms. The van der Waals surface area contributed by atoms with Crippen molar-refractivity contribution in [1.82, 2.24) is 4.90 Å². The number of nitrogens with zero attached hydrogens (tertiary/aromatic N) is 2. The lowest BCUT2D eigenvalue weighted by molar-refractivity contribution is -0.134. The van der Waals surface area contributed by atoms with Crippen molar-refractivity contribution >= 4 is 17.5 Å². The predicted octanol–water partition coefficient (Wildman–Crippen LogP) is 2.28. The van der Waals surface area contributed by atoms with Crippen LogP contribution < -0.4 is 4.90 Å². The molecule has 2 amide bonds. The minimum atomic E-state index is -0.170. The first-order valence-corrected chi connectivity index (χ1v) is 7.72. The number of carbonyl (C=O) groups excluding carboxylic acids is 2. The van der Waals surface area contributed by atoms with Crippen molar-refractivity contribution in [2.24, 2.45) is 5.92 Å². The average Bonchev–Trinajstić information content (AvgIpc) is 3.08. The van der Waals surface area contributed by atoms with Gasteiger partial charge in [0.15, 0.2) is 0 Å². The van der Waals surface area contributed by atoms with Crippen LogP contribution in [-0.4, -0.2) is 36.3 Å². The molecule has 2 heterocycles. The number of anilines is 1. The summed E-state index contributed by atoms with van der Waals surface area (Å²) in [4.78, 5) is 28.5. The lowest BCUT2D eigenvalue weighted by Gasteiger charge is -2.21. The van der Waals surface area contributed by atoms with Crippen LogP contribution in [0.4, 0.5) is 5.69 Å². The topological polar surface area (TPSA) is 40.6 Å². The van der Waals surface area contributed by atoms with E-state index in [2.05, 4.69) is 6.07 Å². The van der Waals surface area contributed by atoms with Crippen molar-refractivity contribution in [3.63, 3.8) is 0 Å². The van der Waals surface area contributed by atoms with Crippen molar-refractivity contribution in [3.8, 4) is 0 Å². The maximum Gasteiger partial charge on any atom is 0.228 e. The quantitative estimate of drug-likeness (QED) is 0.837. The van der Waals surface area contributed by atoms with Crippen LogP contribution in [0.25, 0.3) is 0 Å². The van der Waals surface area contributed by atoms with Gasteiger partial charge >= 0.3 is 0 Å². The predicted molar refractivity (Wildman–Crippen MR) is 82.2 cm³/mol. The van der Waals surface area contributed by atoms with E-state index < -0.39 is 0 Å². The van der Waals surface area contributed by atoms with E-state index in [0.717, 1.165) is 37.2 Å². The zero-order valence-electron chi connectivity index (χ0n) is 12.8. The molecule has 2 aliphatic rings. The Morgan fingerprint density at radius 1 is 1.19 bits per heavy atom. The Morgan fingerprint density at radius 3 is 2.57 bits per heavy atom. The number of likely N-dealkylation sites (tertiary alicyclic amines) is 1. The highest BCUT2D eigenvalue weighted by Crippen LogP contribution is 2.29. The largest absolute Gasteiger partial charge is 0.342 e. The summed E-state index contributed by atoms with van der Waals surface area (Å²) in [6.07, 6.45) is 2.53. The van der Waals surface area contributed by atoms with E-state index in [1.54, 1.807) is 4.90 Å². The summed E-state index contributed by atoms with van der Waals surface area (Å²) in [5.74, 6) is 0.0592. The molecule has 4 nitrogen and oxygen atoms in total. The van der Waals surface area contributed by atoms with Gasteiger partial charge in [-0.15, -0.1) is 0 Å². The number of carbonyl (C=O) groups is 2. The van der Waals surface area contributed by atoms with Crippen LogP contribution in [-0.2, 0) is 9.59 Å². The van der Waals surface area contributed by atoms with Crippen molar-refractivity contribution in [2.45, 2.75) is 33.1 Å². The van der Waals surface area contributed by atoms with Crippen LogP contribution in [0, 0.1) is 19.8 Å². The van der Waals surface area contributed by atoms with Crippen LogP contribution in [0.15, 0.2) is 18.2 Å². The van der Waals surface area contributed by atoms with Crippen LogP contribution >= 0.6 is 0 Å². The van der Waals surface area contributed by atoms with Gasteiger partial charge in [-0.2, -0.15) is 0 Å². The molecule has 4 heteroatoms. The Labute approximate surface area is 125 Å². The van der Waals surface area contributed by atoms with Crippen LogP contribution in [0.2, 0.25) is 0 Å². The van der Waals surface area contributed by atoms with Crippen molar-refractivity contribution in [1.29, 1.82) is 0 Å². The number of hydrogen-bond acceptors (Lipinski definition) is 2. The van der Waals surface area contributed by atoms with Crippen molar-refractivity contribution in [3.05, 3.63) is 29.3 Å². The lowest BCUT2D eigenvalue weighted by atomic mass is 10.1. The van der Waals surface area contributed by atoms with Gasteiger partial charge in [0.25, 0.3) is 0 Å². The highest BCUT2D eigenvalue weighted by Gasteiger charge is 2.38. The van der Waals surface area contributed by atoms with Gasteiger partial charge in [0.1, 0.15) is 0 Å². The minimum absolute atomic E-state index is 0.0690. The van der Waals surface area contributed by atoms with Gasteiger partial charge in [-0.3, -0.25) is 9.59 Å². The highest BCUT2D eigenvalue weighted by molar-refractivity contribution is 6.00. The molecule has 0 spiro atoms. The molecule has 2 aliphatic heterocycles. The fraction of sp³-hybridized carbons (Fsp3) is 0.529. The number of aryl methyl sites for hydroxylation is 2. The van der Waals surface area contributed by atoms with E-state index >= 15 is 0 Å². The normalized spacial score (nSPS) is 22.2. The molecule has 1 aromatic carbocycles. The Bertz CT molecular complexity index is 576. The van der Waals surface area contributed by atoms with E-state index in [-0.39, 0.29) is 17.7 Å². The Balaban J connectivity index is 1.76. The number of hydrogen-bond donors (Lipinski definition) is 0. The van der Waals surface area contributed by atoms with Gasteiger partial charge in [0.2, 0.25) is 11.8 Å². The molecule has 0 radical (unpaired) electrons. The van der Waals surface area contributed by atoms with E-state index in [0.29, 0.717) is 13.0 Å². The van der Waals surface area contributed by atoms with Crippen LogP contribution in [0.3, 0.4) is 0 Å². The van der Waals surface area contributed by atoms with Crippen molar-refractivity contribution < 1.29 is 9.59 Å². The maximum atomic E-state index is 12.5. The summed E-state index contributed by atoms with van der Waals surface area (Å²) >= 11 is 0. The lowest BCUT2D eigenvalue weighted by Crippen LogP contribution is -2.35. The van der Waals surface area contributed by atoms with Gasteiger partial charge in [0.05, 0.1) is 5.92 Å². The highest BCUT2D eigenvalue weighted by atomic mass is 16.2. The smallest absolute Gasteiger partial charge is 0.228 e. The third kappa shape index (κ3) is 2.67. The fourth-order valence-corrected chi connectivity index (χ4v) is 3.41. The molecule has 2 saturated heterocycles. The number of rotatable bonds is 2. The maximum absolute atomic E-state index is 12.5. The summed E-state index contributed by atoms with van der Waals surface area (Å²) in [5, 5.41) is 0. The van der Waals surface area contributed by atoms with Gasteiger partial charge in [-0.05, 0) is 38.3 Å². The molecule has 2 fully saturated rings. The number of amides is 2. The second-order valence-corrected chi connectivity index (χ2v) is 6.23. The first-order chi connectivity index (χ1) is 10.1. The van der Waals surface area contributed by atoms with Gasteiger partial charge < -0.3 is 9.80 Å². The summed E-state index contributed by atoms with van der Waals surface area (Å²) in [6, 6.07) is 6.09. The first-order valence-electron chi connectivity index (χ1n) is 7.72.